The number of piperidine rings is 1. The van der Waals surface area contributed by atoms with Gasteiger partial charge in [-0.05, 0) is 39.0 Å². The van der Waals surface area contributed by atoms with E-state index in [1.54, 1.807) is 6.92 Å². The fraction of sp³-hybridized carbons (Fsp3) is 0.846. The van der Waals surface area contributed by atoms with Crippen LogP contribution in [0.15, 0.2) is 0 Å². The first-order chi connectivity index (χ1) is 8.24. The van der Waals surface area contributed by atoms with Gasteiger partial charge in [0.2, 0.25) is 5.91 Å². The largest absolute Gasteiger partial charge is 0.466 e. The maximum Gasteiger partial charge on any atom is 0.305 e. The lowest BCUT2D eigenvalue weighted by molar-refractivity contribution is -0.143. The molecule has 17 heavy (non-hydrogen) atoms. The van der Waals surface area contributed by atoms with Gasteiger partial charge >= 0.3 is 5.97 Å². The van der Waals surface area contributed by atoms with Gasteiger partial charge in [0.05, 0.1) is 6.61 Å². The van der Waals surface area contributed by atoms with Gasteiger partial charge in [-0.25, -0.2) is 0 Å². The molecule has 4 heteroatoms. The molecule has 0 aromatic carbocycles. The molecular formula is C13H23NO3. The van der Waals surface area contributed by atoms with Crippen molar-refractivity contribution in [2.24, 2.45) is 0 Å². The van der Waals surface area contributed by atoms with Gasteiger partial charge in [0.15, 0.2) is 0 Å². The summed E-state index contributed by atoms with van der Waals surface area (Å²) in [6.45, 7) is 4.07. The summed E-state index contributed by atoms with van der Waals surface area (Å²) in [5, 5.41) is 0. The predicted molar refractivity (Wildman–Crippen MR) is 65.5 cm³/mol. The molecule has 0 radical (unpaired) electrons. The molecule has 0 bridgehead atoms. The molecule has 0 aromatic heterocycles. The lowest BCUT2D eigenvalue weighted by atomic mass is 10.1. The van der Waals surface area contributed by atoms with E-state index in [1.807, 2.05) is 4.90 Å². The standard InChI is InChI=1S/C13H23NO3/c1-2-17-13(16)9-5-4-8-12(15)14-10-6-3-7-11-14/h2-11H2,1H3. The van der Waals surface area contributed by atoms with Crippen LogP contribution in [0.2, 0.25) is 0 Å². The van der Waals surface area contributed by atoms with E-state index < -0.39 is 0 Å². The van der Waals surface area contributed by atoms with Crippen LogP contribution in [-0.4, -0.2) is 36.5 Å². The molecule has 1 aliphatic rings. The summed E-state index contributed by atoms with van der Waals surface area (Å²) in [7, 11) is 0. The monoisotopic (exact) mass is 241 g/mol. The highest BCUT2D eigenvalue weighted by atomic mass is 16.5. The Balaban J connectivity index is 2.05. The van der Waals surface area contributed by atoms with Crippen molar-refractivity contribution in [3.05, 3.63) is 0 Å². The lowest BCUT2D eigenvalue weighted by Crippen LogP contribution is -2.35. The van der Waals surface area contributed by atoms with Gasteiger partial charge in [-0.2, -0.15) is 0 Å². The van der Waals surface area contributed by atoms with E-state index in [4.69, 9.17) is 4.74 Å². The maximum absolute atomic E-state index is 11.8. The number of likely N-dealkylation sites (tertiary alicyclic amines) is 1. The van der Waals surface area contributed by atoms with Crippen molar-refractivity contribution in [2.75, 3.05) is 19.7 Å². The topological polar surface area (TPSA) is 46.6 Å². The maximum atomic E-state index is 11.8. The van der Waals surface area contributed by atoms with Gasteiger partial charge in [0.1, 0.15) is 0 Å². The molecule has 1 amide bonds. The number of ether oxygens (including phenoxy) is 1. The predicted octanol–water partition coefficient (Wildman–Crippen LogP) is 2.12. The Labute approximate surface area is 103 Å². The summed E-state index contributed by atoms with van der Waals surface area (Å²) in [6, 6.07) is 0. The Morgan fingerprint density at radius 1 is 1.06 bits per heavy atom. The Hall–Kier alpha value is -1.06. The summed E-state index contributed by atoms with van der Waals surface area (Å²) in [5.74, 6) is 0.0893. The van der Waals surface area contributed by atoms with Crippen molar-refractivity contribution in [1.29, 1.82) is 0 Å². The lowest BCUT2D eigenvalue weighted by Gasteiger charge is -2.26. The molecule has 1 heterocycles. The van der Waals surface area contributed by atoms with Crippen molar-refractivity contribution in [3.8, 4) is 0 Å². The molecule has 1 fully saturated rings. The van der Waals surface area contributed by atoms with E-state index in [2.05, 4.69) is 0 Å². The Morgan fingerprint density at radius 3 is 2.35 bits per heavy atom. The van der Waals surface area contributed by atoms with E-state index >= 15 is 0 Å². The first kappa shape index (κ1) is 14.0. The molecule has 0 atom stereocenters. The zero-order chi connectivity index (χ0) is 12.5. The molecule has 1 aliphatic heterocycles. The highest BCUT2D eigenvalue weighted by Crippen LogP contribution is 2.11. The number of amides is 1. The van der Waals surface area contributed by atoms with Gasteiger partial charge in [0, 0.05) is 25.9 Å². The average molecular weight is 241 g/mol. The highest BCUT2D eigenvalue weighted by molar-refractivity contribution is 5.76. The summed E-state index contributed by atoms with van der Waals surface area (Å²) >= 11 is 0. The Kier molecular flexibility index (Phi) is 6.67. The average Bonchev–Trinajstić information content (AvgIpc) is 2.36. The molecular weight excluding hydrogens is 218 g/mol. The van der Waals surface area contributed by atoms with Crippen LogP contribution in [0.1, 0.15) is 51.9 Å². The molecule has 1 rings (SSSR count). The molecule has 0 saturated carbocycles. The third-order valence-electron chi connectivity index (χ3n) is 3.04. The normalized spacial score (nSPS) is 15.7. The van der Waals surface area contributed by atoms with E-state index in [1.165, 1.54) is 6.42 Å². The second-order valence-electron chi connectivity index (χ2n) is 4.45. The van der Waals surface area contributed by atoms with Crippen LogP contribution in [-0.2, 0) is 14.3 Å². The Morgan fingerprint density at radius 2 is 1.71 bits per heavy atom. The quantitative estimate of drug-likeness (QED) is 0.528. The van der Waals surface area contributed by atoms with Crippen LogP contribution in [0.4, 0.5) is 0 Å². The smallest absolute Gasteiger partial charge is 0.305 e. The molecule has 4 nitrogen and oxygen atoms in total. The van der Waals surface area contributed by atoms with Gasteiger partial charge in [-0.1, -0.05) is 0 Å². The molecule has 0 aromatic rings. The van der Waals surface area contributed by atoms with Gasteiger partial charge in [-0.15, -0.1) is 0 Å². The summed E-state index contributed by atoms with van der Waals surface area (Å²) in [6.07, 6.45) is 6.04. The number of hydrogen-bond acceptors (Lipinski definition) is 3. The summed E-state index contributed by atoms with van der Waals surface area (Å²) in [5.41, 5.74) is 0. The minimum absolute atomic E-state index is 0.155. The Bertz CT molecular complexity index is 247. The van der Waals surface area contributed by atoms with Crippen LogP contribution >= 0.6 is 0 Å². The van der Waals surface area contributed by atoms with Crippen LogP contribution in [0, 0.1) is 0 Å². The number of esters is 1. The fourth-order valence-electron chi connectivity index (χ4n) is 2.08. The fourth-order valence-corrected chi connectivity index (χ4v) is 2.08. The van der Waals surface area contributed by atoms with E-state index in [9.17, 15) is 9.59 Å². The number of carbonyl (C=O) groups is 2. The van der Waals surface area contributed by atoms with E-state index in [0.29, 0.717) is 19.4 Å². The van der Waals surface area contributed by atoms with Crippen LogP contribution < -0.4 is 0 Å². The molecule has 0 aliphatic carbocycles. The number of rotatable bonds is 6. The minimum Gasteiger partial charge on any atom is -0.466 e. The zero-order valence-electron chi connectivity index (χ0n) is 10.7. The number of nitrogens with zero attached hydrogens (tertiary/aromatic N) is 1. The third kappa shape index (κ3) is 5.71. The molecule has 0 spiro atoms. The first-order valence-electron chi connectivity index (χ1n) is 6.67. The number of unbranched alkanes of at least 4 members (excludes halogenated alkanes) is 1. The summed E-state index contributed by atoms with van der Waals surface area (Å²) in [4.78, 5) is 24.8. The van der Waals surface area contributed by atoms with Gasteiger partial charge in [-0.3, -0.25) is 9.59 Å². The van der Waals surface area contributed by atoms with Crippen LogP contribution in [0.3, 0.4) is 0 Å². The SMILES string of the molecule is CCOC(=O)CCCCC(=O)N1CCCCC1. The first-order valence-corrected chi connectivity index (χ1v) is 6.67. The van der Waals surface area contributed by atoms with Crippen molar-refractivity contribution in [2.45, 2.75) is 51.9 Å². The molecule has 0 unspecified atom stereocenters. The van der Waals surface area contributed by atoms with Crippen molar-refractivity contribution < 1.29 is 14.3 Å². The minimum atomic E-state index is -0.155. The van der Waals surface area contributed by atoms with Crippen LogP contribution in [0.5, 0.6) is 0 Å². The van der Waals surface area contributed by atoms with Crippen molar-refractivity contribution in [1.82, 2.24) is 4.90 Å². The number of carbonyl (C=O) groups excluding carboxylic acids is 2. The van der Waals surface area contributed by atoms with Crippen molar-refractivity contribution >= 4 is 11.9 Å². The third-order valence-corrected chi connectivity index (χ3v) is 3.04. The number of hydrogen-bond donors (Lipinski definition) is 0. The second-order valence-corrected chi connectivity index (χ2v) is 4.45. The molecule has 0 N–H and O–H groups in total. The zero-order valence-corrected chi connectivity index (χ0v) is 10.7. The van der Waals surface area contributed by atoms with Gasteiger partial charge < -0.3 is 9.64 Å². The van der Waals surface area contributed by atoms with E-state index in [-0.39, 0.29) is 11.9 Å². The van der Waals surface area contributed by atoms with Gasteiger partial charge in [0.25, 0.3) is 0 Å². The summed E-state index contributed by atoms with van der Waals surface area (Å²) < 4.78 is 4.83. The van der Waals surface area contributed by atoms with Crippen molar-refractivity contribution in [3.63, 3.8) is 0 Å². The molecule has 98 valence electrons. The molecule has 1 saturated heterocycles. The second kappa shape index (κ2) is 8.09. The van der Waals surface area contributed by atoms with Crippen LogP contribution in [0.25, 0.3) is 0 Å². The highest BCUT2D eigenvalue weighted by Gasteiger charge is 2.15. The van der Waals surface area contributed by atoms with E-state index in [0.717, 1.165) is 38.8 Å².